The number of rotatable bonds is 9. The van der Waals surface area contributed by atoms with Gasteiger partial charge in [-0.1, -0.05) is 99.0 Å². The van der Waals surface area contributed by atoms with Crippen LogP contribution in [0.15, 0.2) is 28.7 Å². The van der Waals surface area contributed by atoms with Crippen molar-refractivity contribution in [2.75, 3.05) is 10.7 Å². The van der Waals surface area contributed by atoms with Gasteiger partial charge >= 0.3 is 0 Å². The molecule has 0 atom stereocenters. The van der Waals surface area contributed by atoms with Crippen molar-refractivity contribution in [2.24, 2.45) is 0 Å². The van der Waals surface area contributed by atoms with Gasteiger partial charge in [-0.2, -0.15) is 0 Å². The molecule has 0 amide bonds. The largest absolute Gasteiger partial charge is 0.0918 e. The predicted octanol–water partition coefficient (Wildman–Crippen LogP) is 6.84. The SMILES string of the molecule is CCCCCCCC(CBr)(CBr)c1cccc(Br)c1. The van der Waals surface area contributed by atoms with Gasteiger partial charge in [0.15, 0.2) is 0 Å². The smallest absolute Gasteiger partial charge is 0.0178 e. The van der Waals surface area contributed by atoms with Crippen LogP contribution in [0, 0.1) is 0 Å². The molecule has 1 rings (SSSR count). The van der Waals surface area contributed by atoms with Crippen molar-refractivity contribution >= 4 is 47.8 Å². The summed E-state index contributed by atoms with van der Waals surface area (Å²) in [6.07, 6.45) is 7.95. The molecule has 19 heavy (non-hydrogen) atoms. The third-order valence-corrected chi connectivity index (χ3v) is 6.35. The molecule has 0 aliphatic rings. The summed E-state index contributed by atoms with van der Waals surface area (Å²) in [6, 6.07) is 8.74. The van der Waals surface area contributed by atoms with E-state index in [0.717, 1.165) is 10.7 Å². The van der Waals surface area contributed by atoms with Gasteiger partial charge < -0.3 is 0 Å². The highest BCUT2D eigenvalue weighted by Gasteiger charge is 2.29. The first-order chi connectivity index (χ1) is 9.18. The maximum Gasteiger partial charge on any atom is 0.0178 e. The summed E-state index contributed by atoms with van der Waals surface area (Å²) in [6.45, 7) is 2.27. The molecule has 0 heterocycles. The number of benzene rings is 1. The van der Waals surface area contributed by atoms with E-state index >= 15 is 0 Å². The lowest BCUT2D eigenvalue weighted by Gasteiger charge is -2.31. The minimum atomic E-state index is 0.218. The molecule has 0 bridgehead atoms. The fourth-order valence-electron chi connectivity index (χ4n) is 2.35. The minimum Gasteiger partial charge on any atom is -0.0918 e. The van der Waals surface area contributed by atoms with Gasteiger partial charge in [0.25, 0.3) is 0 Å². The minimum absolute atomic E-state index is 0.218. The van der Waals surface area contributed by atoms with E-state index in [1.165, 1.54) is 48.6 Å². The van der Waals surface area contributed by atoms with Crippen LogP contribution in [0.4, 0.5) is 0 Å². The molecule has 0 radical (unpaired) electrons. The number of halogens is 3. The van der Waals surface area contributed by atoms with Crippen LogP contribution in [0.25, 0.3) is 0 Å². The number of hydrogen-bond donors (Lipinski definition) is 0. The molecular formula is C16H23Br3. The van der Waals surface area contributed by atoms with E-state index in [4.69, 9.17) is 0 Å². The molecule has 0 saturated carbocycles. The highest BCUT2D eigenvalue weighted by atomic mass is 79.9. The Morgan fingerprint density at radius 2 is 1.68 bits per heavy atom. The Bertz CT molecular complexity index is 359. The van der Waals surface area contributed by atoms with Gasteiger partial charge in [0.05, 0.1) is 0 Å². The average molecular weight is 455 g/mol. The van der Waals surface area contributed by atoms with Crippen LogP contribution in [0.2, 0.25) is 0 Å². The van der Waals surface area contributed by atoms with Crippen molar-refractivity contribution < 1.29 is 0 Å². The number of unbranched alkanes of at least 4 members (excludes halogenated alkanes) is 4. The highest BCUT2D eigenvalue weighted by Crippen LogP contribution is 2.35. The molecule has 0 fully saturated rings. The molecule has 3 heteroatoms. The van der Waals surface area contributed by atoms with Crippen molar-refractivity contribution in [1.82, 2.24) is 0 Å². The maximum atomic E-state index is 3.73. The Kier molecular flexibility index (Phi) is 8.92. The van der Waals surface area contributed by atoms with Crippen molar-refractivity contribution in [3.63, 3.8) is 0 Å². The quantitative estimate of drug-likeness (QED) is 0.283. The topological polar surface area (TPSA) is 0 Å². The number of alkyl halides is 2. The van der Waals surface area contributed by atoms with Crippen molar-refractivity contribution in [2.45, 2.75) is 50.9 Å². The van der Waals surface area contributed by atoms with E-state index in [0.29, 0.717) is 0 Å². The van der Waals surface area contributed by atoms with Gasteiger partial charge in [0.2, 0.25) is 0 Å². The molecule has 0 aliphatic carbocycles. The summed E-state index contributed by atoms with van der Waals surface area (Å²) in [4.78, 5) is 0. The summed E-state index contributed by atoms with van der Waals surface area (Å²) in [5.41, 5.74) is 1.64. The fourth-order valence-corrected chi connectivity index (χ4v) is 4.89. The zero-order valence-corrected chi connectivity index (χ0v) is 16.4. The fraction of sp³-hybridized carbons (Fsp3) is 0.625. The van der Waals surface area contributed by atoms with Gasteiger partial charge in [-0.25, -0.2) is 0 Å². The molecule has 1 aromatic carbocycles. The Balaban J connectivity index is 2.68. The molecule has 1 aromatic rings. The zero-order chi connectivity index (χ0) is 14.1. The standard InChI is InChI=1S/C16H23Br3/c1-2-3-4-5-6-10-16(12-17,13-18)14-8-7-9-15(19)11-14/h7-9,11H,2-6,10,12-13H2,1H3. The second-order valence-electron chi connectivity index (χ2n) is 5.22. The molecule has 0 nitrogen and oxygen atoms in total. The van der Waals surface area contributed by atoms with Gasteiger partial charge in [0.1, 0.15) is 0 Å². The highest BCUT2D eigenvalue weighted by molar-refractivity contribution is 9.10. The third-order valence-electron chi connectivity index (χ3n) is 3.71. The second-order valence-corrected chi connectivity index (χ2v) is 7.26. The zero-order valence-electron chi connectivity index (χ0n) is 11.6. The monoisotopic (exact) mass is 452 g/mol. The van der Waals surface area contributed by atoms with E-state index in [-0.39, 0.29) is 5.41 Å². The first-order valence-electron chi connectivity index (χ1n) is 7.06. The normalized spacial score (nSPS) is 11.8. The summed E-state index contributed by atoms with van der Waals surface area (Å²) >= 11 is 11.0. The molecule has 0 aliphatic heterocycles. The molecule has 0 spiro atoms. The van der Waals surface area contributed by atoms with E-state index in [1.54, 1.807) is 0 Å². The van der Waals surface area contributed by atoms with Crippen LogP contribution < -0.4 is 0 Å². The molecule has 0 saturated heterocycles. The van der Waals surface area contributed by atoms with E-state index in [9.17, 15) is 0 Å². The van der Waals surface area contributed by atoms with E-state index in [2.05, 4.69) is 79.0 Å². The molecule has 0 unspecified atom stereocenters. The predicted molar refractivity (Wildman–Crippen MR) is 96.8 cm³/mol. The first kappa shape index (κ1) is 17.7. The molecular weight excluding hydrogens is 432 g/mol. The van der Waals surface area contributed by atoms with Crippen LogP contribution in [-0.2, 0) is 5.41 Å². The first-order valence-corrected chi connectivity index (χ1v) is 10.1. The Hall–Kier alpha value is 0.660. The van der Waals surface area contributed by atoms with Crippen molar-refractivity contribution in [1.29, 1.82) is 0 Å². The lowest BCUT2D eigenvalue weighted by Crippen LogP contribution is -2.30. The van der Waals surface area contributed by atoms with Crippen LogP contribution in [-0.4, -0.2) is 10.7 Å². The van der Waals surface area contributed by atoms with Crippen LogP contribution in [0.5, 0.6) is 0 Å². The third kappa shape index (κ3) is 5.51. The maximum absolute atomic E-state index is 3.73. The van der Waals surface area contributed by atoms with Crippen molar-refractivity contribution in [3.05, 3.63) is 34.3 Å². The van der Waals surface area contributed by atoms with Gasteiger partial charge in [-0.05, 0) is 24.1 Å². The van der Waals surface area contributed by atoms with E-state index < -0.39 is 0 Å². The van der Waals surface area contributed by atoms with E-state index in [1.807, 2.05) is 0 Å². The summed E-state index contributed by atoms with van der Waals surface area (Å²) < 4.78 is 1.17. The summed E-state index contributed by atoms with van der Waals surface area (Å²) in [7, 11) is 0. The van der Waals surface area contributed by atoms with Gasteiger partial charge in [-0.15, -0.1) is 0 Å². The summed E-state index contributed by atoms with van der Waals surface area (Å²) in [5.74, 6) is 0. The molecule has 0 N–H and O–H groups in total. The van der Waals surface area contributed by atoms with Crippen LogP contribution in [0.3, 0.4) is 0 Å². The lowest BCUT2D eigenvalue weighted by atomic mass is 9.80. The summed E-state index contributed by atoms with van der Waals surface area (Å²) in [5, 5.41) is 2.02. The average Bonchev–Trinajstić information content (AvgIpc) is 2.43. The van der Waals surface area contributed by atoms with Crippen LogP contribution in [0.1, 0.15) is 51.0 Å². The molecule has 0 aromatic heterocycles. The van der Waals surface area contributed by atoms with Gasteiger partial charge in [0, 0.05) is 20.5 Å². The van der Waals surface area contributed by atoms with Crippen molar-refractivity contribution in [3.8, 4) is 0 Å². The Labute approximate surface area is 143 Å². The Morgan fingerprint density at radius 1 is 1.00 bits per heavy atom. The van der Waals surface area contributed by atoms with Crippen LogP contribution >= 0.6 is 47.8 Å². The number of hydrogen-bond acceptors (Lipinski definition) is 0. The molecule has 108 valence electrons. The lowest BCUT2D eigenvalue weighted by molar-refractivity contribution is 0.463. The van der Waals surface area contributed by atoms with Gasteiger partial charge in [-0.3, -0.25) is 0 Å². The Morgan fingerprint density at radius 3 is 2.26 bits per heavy atom. The second kappa shape index (κ2) is 9.57.